The van der Waals surface area contributed by atoms with Gasteiger partial charge in [0.1, 0.15) is 16.3 Å². The summed E-state index contributed by atoms with van der Waals surface area (Å²) >= 11 is 1.10. The molecule has 3 rings (SSSR count). The smallest absolute Gasteiger partial charge is 0.317 e. The lowest BCUT2D eigenvalue weighted by atomic mass is 10.2. The Morgan fingerprint density at radius 3 is 2.88 bits per heavy atom. The molecule has 0 unspecified atom stereocenters. The van der Waals surface area contributed by atoms with Crippen molar-refractivity contribution in [1.82, 2.24) is 14.5 Å². The standard InChI is InChI=1S/C17H19N3O4S/c1-3-12(16(22)23)25-17-19-13-10-6-4-5-7-11(10)18-14(13)15(21)20(17)8-9-24-2/h4-7,12,18H,3,8-9H2,1-2H3,(H,22,23)/t12-/m0/s1. The van der Waals surface area contributed by atoms with Crippen LogP contribution in [0.15, 0.2) is 34.2 Å². The van der Waals surface area contributed by atoms with Crippen molar-refractivity contribution >= 4 is 39.7 Å². The Labute approximate surface area is 148 Å². The number of methoxy groups -OCH3 is 1. The van der Waals surface area contributed by atoms with Gasteiger partial charge in [-0.2, -0.15) is 0 Å². The zero-order valence-corrected chi connectivity index (χ0v) is 14.8. The van der Waals surface area contributed by atoms with Crippen molar-refractivity contribution in [3.63, 3.8) is 0 Å². The van der Waals surface area contributed by atoms with E-state index in [4.69, 9.17) is 4.74 Å². The number of aromatic amines is 1. The third kappa shape index (κ3) is 3.27. The highest BCUT2D eigenvalue weighted by Crippen LogP contribution is 2.27. The molecule has 0 aliphatic rings. The number of H-pyrrole nitrogens is 1. The van der Waals surface area contributed by atoms with E-state index in [9.17, 15) is 14.7 Å². The molecule has 7 nitrogen and oxygen atoms in total. The summed E-state index contributed by atoms with van der Waals surface area (Å²) in [6, 6.07) is 7.54. The molecule has 0 amide bonds. The predicted octanol–water partition coefficient (Wildman–Crippen LogP) is 2.48. The van der Waals surface area contributed by atoms with E-state index in [-0.39, 0.29) is 5.56 Å². The number of aliphatic carboxylic acids is 1. The molecule has 0 spiro atoms. The van der Waals surface area contributed by atoms with Gasteiger partial charge in [0.25, 0.3) is 5.56 Å². The number of ether oxygens (including phenoxy) is 1. The van der Waals surface area contributed by atoms with Crippen LogP contribution in [0.5, 0.6) is 0 Å². The number of hydrogen-bond donors (Lipinski definition) is 2. The van der Waals surface area contributed by atoms with Crippen molar-refractivity contribution in [3.8, 4) is 0 Å². The van der Waals surface area contributed by atoms with Crippen molar-refractivity contribution < 1.29 is 14.6 Å². The topological polar surface area (TPSA) is 97.2 Å². The minimum Gasteiger partial charge on any atom is -0.480 e. The molecule has 0 saturated carbocycles. The number of carbonyl (C=O) groups is 1. The fourth-order valence-corrected chi connectivity index (χ4v) is 3.65. The average molecular weight is 361 g/mol. The number of para-hydroxylation sites is 1. The molecule has 3 aromatic rings. The van der Waals surface area contributed by atoms with Crippen LogP contribution in [0.25, 0.3) is 21.9 Å². The molecule has 1 aromatic carbocycles. The Bertz CT molecular complexity index is 979. The lowest BCUT2D eigenvalue weighted by Crippen LogP contribution is -2.27. The number of fused-ring (bicyclic) bond motifs is 3. The zero-order valence-electron chi connectivity index (χ0n) is 14.0. The summed E-state index contributed by atoms with van der Waals surface area (Å²) in [6.07, 6.45) is 0.437. The Morgan fingerprint density at radius 2 is 2.20 bits per heavy atom. The Balaban J connectivity index is 2.22. The number of nitrogens with one attached hydrogen (secondary N) is 1. The summed E-state index contributed by atoms with van der Waals surface area (Å²) < 4.78 is 6.57. The Kier molecular flexibility index (Phi) is 5.10. The Hall–Kier alpha value is -2.32. The van der Waals surface area contributed by atoms with Gasteiger partial charge in [0.15, 0.2) is 5.16 Å². The number of aromatic nitrogens is 3. The molecule has 25 heavy (non-hydrogen) atoms. The molecular formula is C17H19N3O4S. The maximum Gasteiger partial charge on any atom is 0.317 e. The van der Waals surface area contributed by atoms with Crippen LogP contribution < -0.4 is 5.56 Å². The molecule has 2 aromatic heterocycles. The van der Waals surface area contributed by atoms with Gasteiger partial charge >= 0.3 is 5.97 Å². The molecule has 0 fully saturated rings. The van der Waals surface area contributed by atoms with Crippen molar-refractivity contribution in [2.24, 2.45) is 0 Å². The molecule has 0 radical (unpaired) electrons. The number of nitrogens with zero attached hydrogens (tertiary/aromatic N) is 2. The summed E-state index contributed by atoms with van der Waals surface area (Å²) in [6.45, 7) is 2.45. The van der Waals surface area contributed by atoms with Gasteiger partial charge in [-0.3, -0.25) is 14.2 Å². The quantitative estimate of drug-likeness (QED) is 0.496. The van der Waals surface area contributed by atoms with Crippen LogP contribution in [0.4, 0.5) is 0 Å². The van der Waals surface area contributed by atoms with Gasteiger partial charge in [0.05, 0.1) is 13.2 Å². The second kappa shape index (κ2) is 7.28. The van der Waals surface area contributed by atoms with E-state index in [2.05, 4.69) is 9.97 Å². The van der Waals surface area contributed by atoms with Gasteiger partial charge in [-0.25, -0.2) is 4.98 Å². The molecular weight excluding hydrogens is 342 g/mol. The highest BCUT2D eigenvalue weighted by atomic mass is 32.2. The SMILES string of the molecule is CC[C@H](Sc1nc2c([nH]c3ccccc32)c(=O)n1CCOC)C(=O)O. The van der Waals surface area contributed by atoms with Gasteiger partial charge in [-0.15, -0.1) is 0 Å². The largest absolute Gasteiger partial charge is 0.480 e. The maximum atomic E-state index is 12.9. The van der Waals surface area contributed by atoms with E-state index in [1.54, 1.807) is 14.0 Å². The first-order chi connectivity index (χ1) is 12.1. The molecule has 2 N–H and O–H groups in total. The molecule has 1 atom stereocenters. The second-order valence-corrected chi connectivity index (χ2v) is 6.76. The van der Waals surface area contributed by atoms with Gasteiger partial charge < -0.3 is 14.8 Å². The number of carboxylic acid groups (broad SMARTS) is 1. The fraction of sp³-hybridized carbons (Fsp3) is 0.353. The van der Waals surface area contributed by atoms with Gasteiger partial charge in [-0.1, -0.05) is 36.9 Å². The first-order valence-electron chi connectivity index (χ1n) is 7.96. The number of hydrogen-bond acceptors (Lipinski definition) is 5. The highest BCUT2D eigenvalue weighted by molar-refractivity contribution is 8.00. The third-order valence-electron chi connectivity index (χ3n) is 3.99. The number of rotatable bonds is 7. The van der Waals surface area contributed by atoms with Crippen LogP contribution >= 0.6 is 11.8 Å². The van der Waals surface area contributed by atoms with Gasteiger partial charge in [0, 0.05) is 18.0 Å². The number of thioether (sulfide) groups is 1. The normalized spacial score (nSPS) is 12.7. The summed E-state index contributed by atoms with van der Waals surface area (Å²) in [5.74, 6) is -0.918. The zero-order chi connectivity index (χ0) is 18.0. The van der Waals surface area contributed by atoms with E-state index >= 15 is 0 Å². The van der Waals surface area contributed by atoms with Crippen molar-refractivity contribution in [2.75, 3.05) is 13.7 Å². The van der Waals surface area contributed by atoms with E-state index in [0.29, 0.717) is 35.8 Å². The lowest BCUT2D eigenvalue weighted by Gasteiger charge is -2.14. The van der Waals surface area contributed by atoms with E-state index < -0.39 is 11.2 Å². The summed E-state index contributed by atoms with van der Waals surface area (Å²) in [4.78, 5) is 32.1. The van der Waals surface area contributed by atoms with E-state index in [1.807, 2.05) is 24.3 Å². The van der Waals surface area contributed by atoms with Gasteiger partial charge in [-0.05, 0) is 12.5 Å². The monoisotopic (exact) mass is 361 g/mol. The lowest BCUT2D eigenvalue weighted by molar-refractivity contribution is -0.136. The first kappa shape index (κ1) is 17.5. The first-order valence-corrected chi connectivity index (χ1v) is 8.84. The molecule has 8 heteroatoms. The molecule has 0 saturated heterocycles. The predicted molar refractivity (Wildman–Crippen MR) is 97.3 cm³/mol. The van der Waals surface area contributed by atoms with Gasteiger partial charge in [0.2, 0.25) is 0 Å². The molecule has 2 heterocycles. The molecule has 0 aliphatic heterocycles. The maximum absolute atomic E-state index is 12.9. The van der Waals surface area contributed by atoms with Crippen molar-refractivity contribution in [2.45, 2.75) is 30.3 Å². The molecule has 0 aliphatic carbocycles. The number of carboxylic acids is 1. The van der Waals surface area contributed by atoms with Crippen LogP contribution in [0.2, 0.25) is 0 Å². The van der Waals surface area contributed by atoms with Crippen LogP contribution in [-0.2, 0) is 16.1 Å². The molecule has 132 valence electrons. The average Bonchev–Trinajstić information content (AvgIpc) is 2.98. The second-order valence-electron chi connectivity index (χ2n) is 5.59. The van der Waals surface area contributed by atoms with E-state index in [0.717, 1.165) is 22.7 Å². The summed E-state index contributed by atoms with van der Waals surface area (Å²) in [5, 5.41) is 9.93. The van der Waals surface area contributed by atoms with Crippen molar-refractivity contribution in [1.29, 1.82) is 0 Å². The Morgan fingerprint density at radius 1 is 1.44 bits per heavy atom. The van der Waals surface area contributed by atoms with E-state index in [1.165, 1.54) is 4.57 Å². The van der Waals surface area contributed by atoms with Crippen LogP contribution in [0.3, 0.4) is 0 Å². The van der Waals surface area contributed by atoms with Crippen molar-refractivity contribution in [3.05, 3.63) is 34.6 Å². The minimum absolute atomic E-state index is 0.221. The van der Waals surface area contributed by atoms with Crippen LogP contribution in [0.1, 0.15) is 13.3 Å². The minimum atomic E-state index is -0.918. The summed E-state index contributed by atoms with van der Waals surface area (Å²) in [5.41, 5.74) is 1.59. The highest BCUT2D eigenvalue weighted by Gasteiger charge is 2.22. The molecule has 0 bridgehead atoms. The van der Waals surface area contributed by atoms with Crippen LogP contribution in [-0.4, -0.2) is 44.6 Å². The third-order valence-corrected chi connectivity index (χ3v) is 5.33. The number of benzene rings is 1. The van der Waals surface area contributed by atoms with Crippen LogP contribution in [0, 0.1) is 0 Å². The summed E-state index contributed by atoms with van der Waals surface area (Å²) in [7, 11) is 1.55. The fourth-order valence-electron chi connectivity index (χ4n) is 2.68.